The highest BCUT2D eigenvalue weighted by atomic mass is 32.2. The molecule has 42 heavy (non-hydrogen) atoms. The zero-order valence-corrected chi connectivity index (χ0v) is 24.0. The number of ether oxygens (including phenoxy) is 3. The van der Waals surface area contributed by atoms with Gasteiger partial charge in [0.25, 0.3) is 5.88 Å². The Morgan fingerprint density at radius 2 is 1.57 bits per heavy atom. The number of terminal acetylenes is 1. The lowest BCUT2D eigenvalue weighted by molar-refractivity contribution is 0.361. The zero-order chi connectivity index (χ0) is 29.9. The standard InChI is InChI=1S/C30H26N6O5S/c1-6-40-28-25(41-24-13-8-7-12-23(24)39-5)29(42(37,38)22-16-14-21(15-17-22)30(2,3)4)32-26(31-28)19-10-9-11-20(18-19)27-33-35-36-34-27/h1,7-18H,2-5H3,(H,33,34,35,36). The van der Waals surface area contributed by atoms with Crippen LogP contribution in [0.4, 0.5) is 0 Å². The minimum absolute atomic E-state index is 0.00256. The van der Waals surface area contributed by atoms with Gasteiger partial charge in [-0.25, -0.2) is 13.4 Å². The smallest absolute Gasteiger partial charge is 0.278 e. The minimum Gasteiger partial charge on any atom is -0.493 e. The highest BCUT2D eigenvalue weighted by Gasteiger charge is 2.31. The van der Waals surface area contributed by atoms with Crippen LogP contribution in [0.1, 0.15) is 26.3 Å². The van der Waals surface area contributed by atoms with Crippen LogP contribution in [0.15, 0.2) is 82.7 Å². The summed E-state index contributed by atoms with van der Waals surface area (Å²) in [4.78, 5) is 8.95. The van der Waals surface area contributed by atoms with E-state index >= 15 is 0 Å². The Labute approximate surface area is 242 Å². The van der Waals surface area contributed by atoms with E-state index < -0.39 is 14.9 Å². The van der Waals surface area contributed by atoms with Crippen molar-refractivity contribution in [2.75, 3.05) is 7.11 Å². The Morgan fingerprint density at radius 1 is 0.881 bits per heavy atom. The van der Waals surface area contributed by atoms with Gasteiger partial charge in [0.15, 0.2) is 17.3 Å². The zero-order valence-electron chi connectivity index (χ0n) is 23.2. The second-order valence-electron chi connectivity index (χ2n) is 10.1. The topological polar surface area (TPSA) is 142 Å². The number of sulfone groups is 1. The summed E-state index contributed by atoms with van der Waals surface area (Å²) >= 11 is 0. The number of para-hydroxylation sites is 2. The number of aromatic nitrogens is 6. The second-order valence-corrected chi connectivity index (χ2v) is 11.9. The molecule has 212 valence electrons. The third-order valence-electron chi connectivity index (χ3n) is 6.25. The molecule has 1 N–H and O–H groups in total. The molecular formula is C30H26N6O5S. The Balaban J connectivity index is 1.73. The summed E-state index contributed by atoms with van der Waals surface area (Å²) in [6, 6.07) is 20.2. The Bertz CT molecular complexity index is 1880. The molecule has 0 saturated carbocycles. The first-order valence-electron chi connectivity index (χ1n) is 12.7. The lowest BCUT2D eigenvalue weighted by Crippen LogP contribution is -2.13. The van der Waals surface area contributed by atoms with Gasteiger partial charge in [-0.1, -0.05) is 69.7 Å². The van der Waals surface area contributed by atoms with E-state index in [9.17, 15) is 8.42 Å². The monoisotopic (exact) mass is 582 g/mol. The third kappa shape index (κ3) is 5.63. The molecule has 0 radical (unpaired) electrons. The molecule has 0 aliphatic heterocycles. The summed E-state index contributed by atoms with van der Waals surface area (Å²) in [6.07, 6.45) is 7.56. The van der Waals surface area contributed by atoms with Crippen molar-refractivity contribution in [1.82, 2.24) is 30.6 Å². The quantitative estimate of drug-likeness (QED) is 0.191. The predicted molar refractivity (Wildman–Crippen MR) is 154 cm³/mol. The van der Waals surface area contributed by atoms with Crippen LogP contribution in [0.3, 0.4) is 0 Å². The molecule has 0 spiro atoms. The predicted octanol–water partition coefficient (Wildman–Crippen LogP) is 5.22. The van der Waals surface area contributed by atoms with Gasteiger partial charge in [0.05, 0.1) is 12.0 Å². The molecule has 2 heterocycles. The second kappa shape index (κ2) is 11.3. The summed E-state index contributed by atoms with van der Waals surface area (Å²) in [7, 11) is -2.84. The van der Waals surface area contributed by atoms with Gasteiger partial charge >= 0.3 is 0 Å². The number of H-pyrrole nitrogens is 1. The van der Waals surface area contributed by atoms with E-state index in [0.717, 1.165) is 5.56 Å². The van der Waals surface area contributed by atoms with E-state index in [1.807, 2.05) is 20.8 Å². The summed E-state index contributed by atoms with van der Waals surface area (Å²) in [5.74, 6) is 0.331. The normalized spacial score (nSPS) is 11.5. The number of tetrazole rings is 1. The van der Waals surface area contributed by atoms with Crippen LogP contribution in [-0.2, 0) is 15.3 Å². The van der Waals surface area contributed by atoms with Crippen LogP contribution in [0.25, 0.3) is 22.8 Å². The number of nitrogens with zero attached hydrogens (tertiary/aromatic N) is 5. The third-order valence-corrected chi connectivity index (χ3v) is 7.93. The van der Waals surface area contributed by atoms with Crippen molar-refractivity contribution < 1.29 is 22.6 Å². The fraction of sp³-hybridized carbons (Fsp3) is 0.167. The number of aromatic amines is 1. The molecular weight excluding hydrogens is 556 g/mol. The van der Waals surface area contributed by atoms with Crippen molar-refractivity contribution in [1.29, 1.82) is 0 Å². The minimum atomic E-state index is -4.30. The van der Waals surface area contributed by atoms with Crippen molar-refractivity contribution in [2.45, 2.75) is 36.1 Å². The molecule has 12 heteroatoms. The average Bonchev–Trinajstić information content (AvgIpc) is 3.53. The van der Waals surface area contributed by atoms with E-state index in [2.05, 4.69) is 36.7 Å². The molecule has 0 saturated heterocycles. The largest absolute Gasteiger partial charge is 0.493 e. The Hall–Kier alpha value is -5.28. The van der Waals surface area contributed by atoms with Crippen LogP contribution in [0, 0.1) is 12.5 Å². The molecule has 2 aromatic heterocycles. The summed E-state index contributed by atoms with van der Waals surface area (Å²) in [6.45, 7) is 6.12. The Kier molecular flexibility index (Phi) is 7.60. The van der Waals surface area contributed by atoms with Crippen molar-refractivity contribution in [3.05, 3.63) is 78.4 Å². The summed E-state index contributed by atoms with van der Waals surface area (Å²) < 4.78 is 45.3. The van der Waals surface area contributed by atoms with E-state index in [1.54, 1.807) is 60.7 Å². The van der Waals surface area contributed by atoms with E-state index in [4.69, 9.17) is 20.6 Å². The molecule has 0 amide bonds. The number of hydrogen-bond acceptors (Lipinski definition) is 10. The molecule has 5 rings (SSSR count). The summed E-state index contributed by atoms with van der Waals surface area (Å²) in [5.41, 5.74) is 1.83. The van der Waals surface area contributed by atoms with Crippen LogP contribution < -0.4 is 14.2 Å². The number of hydrogen-bond donors (Lipinski definition) is 1. The van der Waals surface area contributed by atoms with Crippen LogP contribution in [0.2, 0.25) is 0 Å². The van der Waals surface area contributed by atoms with E-state index in [-0.39, 0.29) is 33.5 Å². The first-order valence-corrected chi connectivity index (χ1v) is 14.2. The first-order chi connectivity index (χ1) is 20.1. The van der Waals surface area contributed by atoms with Gasteiger partial charge in [-0.3, -0.25) is 0 Å². The number of nitrogens with one attached hydrogen (secondary N) is 1. The van der Waals surface area contributed by atoms with Crippen LogP contribution in [0.5, 0.6) is 23.1 Å². The molecule has 3 aromatic carbocycles. The van der Waals surface area contributed by atoms with E-state index in [0.29, 0.717) is 22.7 Å². The fourth-order valence-corrected chi connectivity index (χ4v) is 5.37. The summed E-state index contributed by atoms with van der Waals surface area (Å²) in [5, 5.41) is 13.5. The number of methoxy groups -OCH3 is 1. The SMILES string of the molecule is C#COc1nc(-c2cccc(-c3nn[nH]n3)c2)nc(S(=O)(=O)c2ccc(C(C)(C)C)cc2)c1Oc1ccccc1OC. The molecule has 11 nitrogen and oxygen atoms in total. The number of rotatable bonds is 8. The average molecular weight is 583 g/mol. The highest BCUT2D eigenvalue weighted by molar-refractivity contribution is 7.91. The molecule has 0 fully saturated rings. The number of benzene rings is 3. The van der Waals surface area contributed by atoms with E-state index in [1.165, 1.54) is 19.2 Å². The maximum atomic E-state index is 14.2. The van der Waals surface area contributed by atoms with Gasteiger partial charge in [0, 0.05) is 11.1 Å². The van der Waals surface area contributed by atoms with Gasteiger partial charge in [0.1, 0.15) is 6.11 Å². The van der Waals surface area contributed by atoms with Gasteiger partial charge < -0.3 is 14.2 Å². The maximum Gasteiger partial charge on any atom is 0.278 e. The lowest BCUT2D eigenvalue weighted by Gasteiger charge is -2.19. The highest BCUT2D eigenvalue weighted by Crippen LogP contribution is 2.42. The van der Waals surface area contributed by atoms with Gasteiger partial charge in [-0.2, -0.15) is 10.2 Å². The van der Waals surface area contributed by atoms with Crippen molar-refractivity contribution >= 4 is 9.84 Å². The molecule has 0 aliphatic rings. The van der Waals surface area contributed by atoms with Crippen LogP contribution in [-0.4, -0.2) is 46.1 Å². The molecule has 0 bridgehead atoms. The fourth-order valence-electron chi connectivity index (χ4n) is 4.07. The van der Waals surface area contributed by atoms with Crippen molar-refractivity contribution in [3.8, 4) is 58.4 Å². The Morgan fingerprint density at radius 3 is 2.19 bits per heavy atom. The van der Waals surface area contributed by atoms with Gasteiger partial charge in [-0.05, 0) is 46.5 Å². The lowest BCUT2D eigenvalue weighted by atomic mass is 9.87. The first kappa shape index (κ1) is 28.3. The molecule has 0 atom stereocenters. The van der Waals surface area contributed by atoms with Crippen LogP contribution >= 0.6 is 0 Å². The van der Waals surface area contributed by atoms with Crippen molar-refractivity contribution in [2.24, 2.45) is 0 Å². The van der Waals surface area contributed by atoms with Gasteiger partial charge in [0.2, 0.25) is 26.4 Å². The maximum absolute atomic E-state index is 14.2. The molecule has 5 aromatic rings. The molecule has 0 unspecified atom stereocenters. The van der Waals surface area contributed by atoms with Crippen molar-refractivity contribution in [3.63, 3.8) is 0 Å². The van der Waals surface area contributed by atoms with Gasteiger partial charge in [-0.15, -0.1) is 10.2 Å². The molecule has 0 aliphatic carbocycles.